The van der Waals surface area contributed by atoms with Crippen LogP contribution in [0, 0.1) is 0 Å². The molecular weight excluding hydrogens is 462 g/mol. The minimum absolute atomic E-state index is 0.380. The first-order valence-electron chi connectivity index (χ1n) is 10.7. The Morgan fingerprint density at radius 1 is 0.971 bits per heavy atom. The van der Waals surface area contributed by atoms with Crippen molar-refractivity contribution < 1.29 is 49.0 Å². The van der Waals surface area contributed by atoms with Crippen molar-refractivity contribution in [2.45, 2.75) is 30.9 Å². The van der Waals surface area contributed by atoms with Crippen LogP contribution in [0.25, 0.3) is 0 Å². The third-order valence-corrected chi connectivity index (χ3v) is 5.11. The highest BCUT2D eigenvalue weighted by Gasteiger charge is 2.43. The number of nitrogens with zero attached hydrogens (tertiary/aromatic N) is 1. The summed E-state index contributed by atoms with van der Waals surface area (Å²) < 4.78 is 17.5. The number of aliphatic hydroxyl groups is 1. The molecule has 11 heteroatoms. The molecule has 1 saturated heterocycles. The average molecular weight is 491 g/mol. The van der Waals surface area contributed by atoms with Gasteiger partial charge < -0.3 is 34.6 Å². The van der Waals surface area contributed by atoms with Crippen molar-refractivity contribution in [1.82, 2.24) is 4.90 Å². The third kappa shape index (κ3) is 8.34. The zero-order valence-electron chi connectivity index (χ0n) is 19.2. The van der Waals surface area contributed by atoms with E-state index < -0.39 is 42.3 Å². The molecule has 0 aliphatic carbocycles. The molecule has 190 valence electrons. The van der Waals surface area contributed by atoms with E-state index in [0.29, 0.717) is 13.2 Å². The molecule has 0 saturated carbocycles. The first-order valence-corrected chi connectivity index (χ1v) is 10.7. The van der Waals surface area contributed by atoms with Gasteiger partial charge in [-0.2, -0.15) is 0 Å². The minimum atomic E-state index is -2.74. The molecule has 1 heterocycles. The SMILES string of the molecule is COC1(Oc2ccccc2)COCCN1Cc1ccccc1.O=C(O)CC(O)(CC(=O)O)C(=O)O. The molecule has 0 spiro atoms. The van der Waals surface area contributed by atoms with Crippen LogP contribution in [0.15, 0.2) is 60.7 Å². The molecule has 11 nitrogen and oxygen atoms in total. The van der Waals surface area contributed by atoms with Gasteiger partial charge in [0.05, 0.1) is 19.4 Å². The number of hydrogen-bond acceptors (Lipinski definition) is 8. The zero-order chi connectivity index (χ0) is 25.9. The molecule has 3 rings (SSSR count). The minimum Gasteiger partial charge on any atom is -0.481 e. The first kappa shape index (κ1) is 27.7. The summed E-state index contributed by atoms with van der Waals surface area (Å²) in [7, 11) is 1.66. The van der Waals surface area contributed by atoms with E-state index in [1.165, 1.54) is 5.56 Å². The maximum absolute atomic E-state index is 10.3. The fourth-order valence-electron chi connectivity index (χ4n) is 3.35. The second kappa shape index (κ2) is 12.8. The number of carboxylic acids is 3. The Morgan fingerprint density at radius 3 is 2.00 bits per heavy atom. The van der Waals surface area contributed by atoms with Crippen LogP contribution >= 0.6 is 0 Å². The van der Waals surface area contributed by atoms with Gasteiger partial charge in [-0.25, -0.2) is 9.69 Å². The van der Waals surface area contributed by atoms with Crippen molar-refractivity contribution in [2.75, 3.05) is 26.9 Å². The number of carboxylic acid groups (broad SMARTS) is 3. The van der Waals surface area contributed by atoms with Gasteiger partial charge in [0, 0.05) is 20.2 Å². The van der Waals surface area contributed by atoms with Gasteiger partial charge in [0.1, 0.15) is 12.4 Å². The van der Waals surface area contributed by atoms with E-state index in [4.69, 9.17) is 34.6 Å². The Bertz CT molecular complexity index is 953. The Hall–Kier alpha value is -3.51. The fraction of sp³-hybridized carbons (Fsp3) is 0.375. The molecule has 2 aromatic carbocycles. The molecular formula is C24H29NO10. The van der Waals surface area contributed by atoms with Crippen molar-refractivity contribution >= 4 is 17.9 Å². The highest BCUT2D eigenvalue weighted by Crippen LogP contribution is 2.27. The molecule has 35 heavy (non-hydrogen) atoms. The number of morpholine rings is 1. The van der Waals surface area contributed by atoms with Crippen LogP contribution < -0.4 is 4.74 Å². The van der Waals surface area contributed by atoms with Gasteiger partial charge in [0.15, 0.2) is 5.60 Å². The van der Waals surface area contributed by atoms with Gasteiger partial charge in [0.25, 0.3) is 5.91 Å². The Kier molecular flexibility index (Phi) is 10.2. The number of methoxy groups -OCH3 is 1. The number of carbonyl (C=O) groups is 3. The smallest absolute Gasteiger partial charge is 0.336 e. The quantitative estimate of drug-likeness (QED) is 0.357. The Morgan fingerprint density at radius 2 is 1.51 bits per heavy atom. The molecule has 0 radical (unpaired) electrons. The average Bonchev–Trinajstić information content (AvgIpc) is 2.81. The van der Waals surface area contributed by atoms with Crippen molar-refractivity contribution in [3.05, 3.63) is 66.2 Å². The van der Waals surface area contributed by atoms with Crippen molar-refractivity contribution in [1.29, 1.82) is 0 Å². The zero-order valence-corrected chi connectivity index (χ0v) is 19.2. The summed E-state index contributed by atoms with van der Waals surface area (Å²) in [5.41, 5.74) is -1.51. The van der Waals surface area contributed by atoms with E-state index in [9.17, 15) is 14.4 Å². The molecule has 1 aliphatic heterocycles. The second-order valence-corrected chi connectivity index (χ2v) is 7.77. The maximum Gasteiger partial charge on any atom is 0.336 e. The van der Waals surface area contributed by atoms with E-state index in [1.54, 1.807) is 7.11 Å². The molecule has 1 fully saturated rings. The predicted molar refractivity (Wildman–Crippen MR) is 122 cm³/mol. The van der Waals surface area contributed by atoms with Gasteiger partial charge in [-0.05, 0) is 17.7 Å². The van der Waals surface area contributed by atoms with E-state index >= 15 is 0 Å². The largest absolute Gasteiger partial charge is 0.481 e. The second-order valence-electron chi connectivity index (χ2n) is 7.77. The summed E-state index contributed by atoms with van der Waals surface area (Å²) in [6, 6.07) is 20.0. The van der Waals surface area contributed by atoms with Crippen molar-refractivity contribution in [3.8, 4) is 5.75 Å². The lowest BCUT2D eigenvalue weighted by atomic mass is 9.96. The monoisotopic (exact) mass is 491 g/mol. The van der Waals surface area contributed by atoms with Crippen LogP contribution in [-0.4, -0.2) is 81.6 Å². The number of benzene rings is 2. The van der Waals surface area contributed by atoms with Gasteiger partial charge >= 0.3 is 17.9 Å². The van der Waals surface area contributed by atoms with Gasteiger partial charge in [-0.1, -0.05) is 48.5 Å². The van der Waals surface area contributed by atoms with Crippen molar-refractivity contribution in [2.24, 2.45) is 0 Å². The highest BCUT2D eigenvalue weighted by atomic mass is 16.7. The lowest BCUT2D eigenvalue weighted by molar-refractivity contribution is -0.310. The Labute approximate surface area is 202 Å². The van der Waals surface area contributed by atoms with Crippen LogP contribution in [0.2, 0.25) is 0 Å². The van der Waals surface area contributed by atoms with Gasteiger partial charge in [0.2, 0.25) is 0 Å². The first-order chi connectivity index (χ1) is 16.6. The standard InChI is InChI=1S/C18H21NO3.C6H8O7/c1-20-18(22-17-10-6-3-7-11-17)15-21-13-12-19(18)14-16-8-4-2-5-9-16;7-3(8)1-6(13,5(11)12)2-4(9)10/h2-11H,12-15H2,1H3;13H,1-2H2,(H,7,8)(H,9,10)(H,11,12). The van der Waals surface area contributed by atoms with Gasteiger partial charge in [-0.15, -0.1) is 0 Å². The molecule has 1 aliphatic rings. The summed E-state index contributed by atoms with van der Waals surface area (Å²) in [6.07, 6.45) is -2.29. The van der Waals surface area contributed by atoms with Crippen LogP contribution in [-0.2, 0) is 30.4 Å². The molecule has 0 bridgehead atoms. The number of para-hydroxylation sites is 1. The summed E-state index contributed by atoms with van der Waals surface area (Å²) in [5, 5.41) is 33.8. The summed E-state index contributed by atoms with van der Waals surface area (Å²) in [4.78, 5) is 32.7. The lowest BCUT2D eigenvalue weighted by Crippen LogP contribution is -2.61. The molecule has 0 aromatic heterocycles. The number of rotatable bonds is 10. The molecule has 0 amide bonds. The Balaban J connectivity index is 0.000000287. The third-order valence-electron chi connectivity index (χ3n) is 5.11. The summed E-state index contributed by atoms with van der Waals surface area (Å²) in [5.74, 6) is -5.14. The summed E-state index contributed by atoms with van der Waals surface area (Å²) >= 11 is 0. The van der Waals surface area contributed by atoms with E-state index in [2.05, 4.69) is 17.0 Å². The molecule has 4 N–H and O–H groups in total. The molecule has 2 aromatic rings. The lowest BCUT2D eigenvalue weighted by Gasteiger charge is -2.44. The molecule has 1 atom stereocenters. The van der Waals surface area contributed by atoms with Crippen molar-refractivity contribution in [3.63, 3.8) is 0 Å². The fourth-order valence-corrected chi connectivity index (χ4v) is 3.35. The number of aliphatic carboxylic acids is 3. The normalized spacial score (nSPS) is 18.1. The predicted octanol–water partition coefficient (Wildman–Crippen LogP) is 1.65. The van der Waals surface area contributed by atoms with Crippen LogP contribution in [0.5, 0.6) is 5.75 Å². The van der Waals surface area contributed by atoms with Gasteiger partial charge in [-0.3, -0.25) is 9.59 Å². The van der Waals surface area contributed by atoms with Crippen LogP contribution in [0.4, 0.5) is 0 Å². The number of ether oxygens (including phenoxy) is 3. The molecule has 1 unspecified atom stereocenters. The highest BCUT2D eigenvalue weighted by molar-refractivity contribution is 5.88. The number of hydrogen-bond donors (Lipinski definition) is 4. The maximum atomic E-state index is 10.3. The topological polar surface area (TPSA) is 163 Å². The van der Waals surface area contributed by atoms with E-state index in [1.807, 2.05) is 48.5 Å². The van der Waals surface area contributed by atoms with Crippen LogP contribution in [0.1, 0.15) is 18.4 Å². The summed E-state index contributed by atoms with van der Waals surface area (Å²) in [6.45, 7) is 2.57. The van der Waals surface area contributed by atoms with Crippen LogP contribution in [0.3, 0.4) is 0 Å². The van der Waals surface area contributed by atoms with E-state index in [-0.39, 0.29) is 0 Å². The van der Waals surface area contributed by atoms with E-state index in [0.717, 1.165) is 18.8 Å².